The molecule has 0 aromatic carbocycles. The smallest absolute Gasteiger partial charge is 0.132 e. The number of aliphatic hydroxyl groups excluding tert-OH is 1. The van der Waals surface area contributed by atoms with Gasteiger partial charge in [0.15, 0.2) is 0 Å². The first-order chi connectivity index (χ1) is 16.4. The van der Waals surface area contributed by atoms with E-state index in [1.54, 1.807) is 12.3 Å². The Bertz CT molecular complexity index is 1000. The van der Waals surface area contributed by atoms with E-state index < -0.39 is 6.10 Å². The molecule has 34 heavy (non-hydrogen) atoms. The average molecular weight is 465 g/mol. The van der Waals surface area contributed by atoms with Crippen molar-refractivity contribution >= 4 is 18.3 Å². The van der Waals surface area contributed by atoms with Crippen LogP contribution < -0.4 is 22.1 Å². The van der Waals surface area contributed by atoms with Crippen LogP contribution in [0.3, 0.4) is 0 Å². The molecule has 3 aliphatic heterocycles. The van der Waals surface area contributed by atoms with Gasteiger partial charge in [-0.1, -0.05) is 13.8 Å². The van der Waals surface area contributed by atoms with Gasteiger partial charge < -0.3 is 37.5 Å². The minimum atomic E-state index is -0.492. The molecule has 9 heteroatoms. The van der Waals surface area contributed by atoms with Crippen molar-refractivity contribution < 1.29 is 5.11 Å². The van der Waals surface area contributed by atoms with Crippen LogP contribution in [0.1, 0.15) is 26.7 Å². The van der Waals surface area contributed by atoms with Gasteiger partial charge in [0.25, 0.3) is 0 Å². The number of aliphatic imine (C=N–C) groups is 2. The molecule has 1 fully saturated rings. The summed E-state index contributed by atoms with van der Waals surface area (Å²) in [6.07, 6.45) is 15.7. The number of nitrogens with zero attached hydrogens (tertiary/aromatic N) is 3. The molecule has 0 amide bonds. The lowest BCUT2D eigenvalue weighted by molar-refractivity contribution is 0.132. The Hall–Kier alpha value is -3.43. The monoisotopic (exact) mass is 464 g/mol. The van der Waals surface area contributed by atoms with Crippen LogP contribution >= 0.6 is 0 Å². The van der Waals surface area contributed by atoms with Crippen LogP contribution in [-0.4, -0.2) is 60.6 Å². The second kappa shape index (κ2) is 12.2. The predicted molar refractivity (Wildman–Crippen MR) is 139 cm³/mol. The van der Waals surface area contributed by atoms with Crippen molar-refractivity contribution in [2.45, 2.75) is 32.8 Å². The van der Waals surface area contributed by atoms with Crippen molar-refractivity contribution in [2.75, 3.05) is 26.2 Å². The predicted octanol–water partition coefficient (Wildman–Crippen LogP) is 1.65. The number of rotatable bonds is 10. The zero-order valence-electron chi connectivity index (χ0n) is 20.0. The van der Waals surface area contributed by atoms with E-state index in [1.807, 2.05) is 38.3 Å². The summed E-state index contributed by atoms with van der Waals surface area (Å²) in [5.41, 5.74) is 16.1. The van der Waals surface area contributed by atoms with Crippen molar-refractivity contribution in [1.82, 2.24) is 15.5 Å². The quantitative estimate of drug-likeness (QED) is 0.214. The van der Waals surface area contributed by atoms with Gasteiger partial charge in [-0.3, -0.25) is 4.99 Å². The number of nitrogens with one attached hydrogen (secondary N) is 3. The van der Waals surface area contributed by atoms with Crippen molar-refractivity contribution in [3.05, 3.63) is 70.6 Å². The molecule has 3 heterocycles. The van der Waals surface area contributed by atoms with Crippen molar-refractivity contribution in [1.29, 1.82) is 5.41 Å². The van der Waals surface area contributed by atoms with Gasteiger partial charge in [0.1, 0.15) is 11.7 Å². The molecule has 9 nitrogen and oxygen atoms in total. The highest BCUT2D eigenvalue weighted by Gasteiger charge is 2.17. The standard InChI is InChI=1S/C25H36N8O/c1-17(2)18(11-26)10-24(28)32-25-6-5-22-23(31-25)9-19(14-30-22)20(12-27)13-29-15-21(34)16-33-7-3-4-8-33/h5-6,9-14,17,21,26,30-31,34H,3-4,7-8,15-16,27H2,1-2H3,(H2,28,32). The number of aliphatic hydroxyl groups is 1. The summed E-state index contributed by atoms with van der Waals surface area (Å²) in [5.74, 6) is 1.11. The molecule has 0 spiro atoms. The van der Waals surface area contributed by atoms with Crippen LogP contribution in [0, 0.1) is 11.3 Å². The molecule has 0 aromatic rings. The Balaban J connectivity index is 1.63. The van der Waals surface area contributed by atoms with E-state index >= 15 is 0 Å². The number of fused-ring (bicyclic) bond motifs is 1. The van der Waals surface area contributed by atoms with Crippen molar-refractivity contribution in [3.63, 3.8) is 0 Å². The Labute approximate surface area is 201 Å². The summed E-state index contributed by atoms with van der Waals surface area (Å²) in [7, 11) is 0. The van der Waals surface area contributed by atoms with Crippen LogP contribution in [-0.2, 0) is 0 Å². The fraction of sp³-hybridized carbons (Fsp3) is 0.400. The first-order valence-electron chi connectivity index (χ1n) is 11.7. The zero-order chi connectivity index (χ0) is 24.5. The number of β-amino-alcohol motifs (C(OH)–C–C–N with tert-alkyl or cyclic N) is 1. The van der Waals surface area contributed by atoms with Gasteiger partial charge in [-0.05, 0) is 61.7 Å². The highest BCUT2D eigenvalue weighted by atomic mass is 16.3. The first kappa shape index (κ1) is 25.2. The topological polar surface area (TPSA) is 148 Å². The Kier molecular flexibility index (Phi) is 9.00. The van der Waals surface area contributed by atoms with Crippen LogP contribution in [0.4, 0.5) is 0 Å². The molecule has 0 aromatic heterocycles. The number of allylic oxidation sites excluding steroid dienone is 6. The molecule has 1 atom stereocenters. The summed E-state index contributed by atoms with van der Waals surface area (Å²) in [6, 6.07) is 0. The molecule has 0 saturated carbocycles. The summed E-state index contributed by atoms with van der Waals surface area (Å²) in [4.78, 5) is 11.1. The summed E-state index contributed by atoms with van der Waals surface area (Å²) >= 11 is 0. The van der Waals surface area contributed by atoms with Crippen LogP contribution in [0.25, 0.3) is 0 Å². The van der Waals surface area contributed by atoms with Gasteiger partial charge in [-0.25, -0.2) is 4.99 Å². The zero-order valence-corrected chi connectivity index (χ0v) is 20.0. The molecular weight excluding hydrogens is 428 g/mol. The van der Waals surface area contributed by atoms with E-state index in [2.05, 4.69) is 25.5 Å². The largest absolute Gasteiger partial charge is 0.404 e. The maximum absolute atomic E-state index is 10.3. The molecule has 1 saturated heterocycles. The summed E-state index contributed by atoms with van der Waals surface area (Å²) in [5, 5.41) is 24.3. The van der Waals surface area contributed by atoms with E-state index in [-0.39, 0.29) is 5.92 Å². The number of hydrogen-bond donors (Lipinski definition) is 6. The second-order valence-corrected chi connectivity index (χ2v) is 8.82. The molecule has 0 bridgehead atoms. The third-order valence-electron chi connectivity index (χ3n) is 5.77. The van der Waals surface area contributed by atoms with Gasteiger partial charge in [0.05, 0.1) is 24.0 Å². The molecule has 1 unspecified atom stereocenters. The van der Waals surface area contributed by atoms with Gasteiger partial charge in [0.2, 0.25) is 0 Å². The minimum Gasteiger partial charge on any atom is -0.404 e. The molecule has 3 aliphatic rings. The third-order valence-corrected chi connectivity index (χ3v) is 5.77. The molecule has 8 N–H and O–H groups in total. The van der Waals surface area contributed by atoms with Crippen molar-refractivity contribution in [2.24, 2.45) is 27.4 Å². The number of hydrogen-bond acceptors (Lipinski definition) is 8. The maximum atomic E-state index is 10.3. The Morgan fingerprint density at radius 2 is 2.03 bits per heavy atom. The third kappa shape index (κ3) is 7.03. The molecule has 0 aliphatic carbocycles. The SMILES string of the molecule is CC(C)C(C=N)=CC(N)=NC1=CC=C2NC=C(C(C=NCC(O)CN3CCCC3)=CN)C=C2N1. The average Bonchev–Trinajstić information content (AvgIpc) is 3.32. The van der Waals surface area contributed by atoms with E-state index in [9.17, 15) is 5.11 Å². The van der Waals surface area contributed by atoms with Gasteiger partial charge in [-0.15, -0.1) is 0 Å². The lowest BCUT2D eigenvalue weighted by atomic mass is 10.0. The molecular formula is C25H36N8O. The van der Waals surface area contributed by atoms with Crippen LogP contribution in [0.2, 0.25) is 0 Å². The first-order valence-corrected chi connectivity index (χ1v) is 11.7. The highest BCUT2D eigenvalue weighted by molar-refractivity contribution is 5.97. The maximum Gasteiger partial charge on any atom is 0.132 e. The number of dihydropyridines is 2. The van der Waals surface area contributed by atoms with Gasteiger partial charge >= 0.3 is 0 Å². The normalized spacial score (nSPS) is 20.8. The van der Waals surface area contributed by atoms with Gasteiger partial charge in [-0.2, -0.15) is 0 Å². The summed E-state index contributed by atoms with van der Waals surface area (Å²) < 4.78 is 0. The molecule has 182 valence electrons. The second-order valence-electron chi connectivity index (χ2n) is 8.82. The molecule has 0 radical (unpaired) electrons. The minimum absolute atomic E-state index is 0.188. The van der Waals surface area contributed by atoms with E-state index in [1.165, 1.54) is 25.3 Å². The number of likely N-dealkylation sites (tertiary alicyclic amines) is 1. The lowest BCUT2D eigenvalue weighted by Gasteiger charge is -2.23. The van der Waals surface area contributed by atoms with Crippen LogP contribution in [0.5, 0.6) is 0 Å². The highest BCUT2D eigenvalue weighted by Crippen LogP contribution is 2.22. The number of nitrogens with two attached hydrogens (primary N) is 2. The van der Waals surface area contributed by atoms with E-state index in [0.717, 1.165) is 41.2 Å². The Morgan fingerprint density at radius 1 is 1.26 bits per heavy atom. The van der Waals surface area contributed by atoms with E-state index in [0.29, 0.717) is 24.7 Å². The Morgan fingerprint density at radius 3 is 2.71 bits per heavy atom. The molecule has 3 rings (SSSR count). The fourth-order valence-corrected chi connectivity index (χ4v) is 3.85. The van der Waals surface area contributed by atoms with Gasteiger partial charge in [0, 0.05) is 42.5 Å². The van der Waals surface area contributed by atoms with Crippen LogP contribution in [0.15, 0.2) is 80.6 Å². The lowest BCUT2D eigenvalue weighted by Crippen LogP contribution is -2.31. The number of amidine groups is 1. The van der Waals surface area contributed by atoms with Crippen molar-refractivity contribution in [3.8, 4) is 0 Å². The fourth-order valence-electron chi connectivity index (χ4n) is 3.85. The summed E-state index contributed by atoms with van der Waals surface area (Å²) in [6.45, 7) is 7.09. The van der Waals surface area contributed by atoms with E-state index in [4.69, 9.17) is 16.9 Å².